The number of ketones is 1. The molecule has 49 heavy (non-hydrogen) atoms. The van der Waals surface area contributed by atoms with Crippen LogP contribution in [0.15, 0.2) is 97.1 Å². The van der Waals surface area contributed by atoms with Gasteiger partial charge in [0, 0.05) is 23.2 Å². The average molecular weight is 692 g/mol. The van der Waals surface area contributed by atoms with Crippen LogP contribution in [0.1, 0.15) is 40.1 Å². The monoisotopic (exact) mass is 691 g/mol. The Morgan fingerprint density at radius 1 is 0.837 bits per heavy atom. The molecule has 0 saturated carbocycles. The highest BCUT2D eigenvalue weighted by Gasteiger charge is 2.56. The van der Waals surface area contributed by atoms with Gasteiger partial charge in [-0.2, -0.15) is 0 Å². The second kappa shape index (κ2) is 13.8. The maximum Gasteiger partial charge on any atom is 0.248 e. The number of benzene rings is 4. The molecule has 7 atom stereocenters. The number of nitrogens with zero attached hydrogens (tertiary/aromatic N) is 1. The average Bonchev–Trinajstić information content (AvgIpc) is 3.09. The number of carbonyl (C=O) groups excluding carboxylic acids is 2. The van der Waals surface area contributed by atoms with Gasteiger partial charge in [-0.05, 0) is 59.2 Å². The number of halogens is 1. The Morgan fingerprint density at radius 3 is 2.12 bits per heavy atom. The normalized spacial score (nSPS) is 25.5. The van der Waals surface area contributed by atoms with E-state index in [2.05, 4.69) is 0 Å². The molecular formula is C36H34FNO10S. The molecule has 256 valence electrons. The number of hydrogen-bond acceptors (Lipinski definition) is 10. The summed E-state index contributed by atoms with van der Waals surface area (Å²) < 4.78 is 46.2. The molecule has 0 bridgehead atoms. The lowest BCUT2D eigenvalue weighted by atomic mass is 9.89. The van der Waals surface area contributed by atoms with Gasteiger partial charge in [0.2, 0.25) is 5.91 Å². The Hall–Kier alpha value is -4.50. The van der Waals surface area contributed by atoms with Crippen molar-refractivity contribution in [2.75, 3.05) is 17.3 Å². The molecule has 2 fully saturated rings. The first kappa shape index (κ1) is 34.4. The molecule has 4 aromatic carbocycles. The second-order valence-electron chi connectivity index (χ2n) is 12.1. The number of phenols is 1. The summed E-state index contributed by atoms with van der Waals surface area (Å²) in [4.78, 5) is 27.5. The van der Waals surface area contributed by atoms with Crippen molar-refractivity contribution in [2.24, 2.45) is 0 Å². The summed E-state index contributed by atoms with van der Waals surface area (Å²) in [6.45, 7) is -0.560. The minimum atomic E-state index is -4.21. The quantitative estimate of drug-likeness (QED) is 0.123. The highest BCUT2D eigenvalue weighted by molar-refractivity contribution is 7.93. The Morgan fingerprint density at radius 2 is 1.49 bits per heavy atom. The number of sulfone groups is 1. The summed E-state index contributed by atoms with van der Waals surface area (Å²) in [6, 6.07) is 23.3. The first-order valence-corrected chi connectivity index (χ1v) is 17.2. The SMILES string of the molecule is O=C(CCS(=O)(=O)C1C(=O)N(c2ccccc2)C1c1ccc(-c2ccc(C3OC(CO)C(O)C(O)C3O)cc2)cc1O)c1ccc(F)cc1. The fourth-order valence-electron chi connectivity index (χ4n) is 6.35. The zero-order valence-corrected chi connectivity index (χ0v) is 26.7. The zero-order chi connectivity index (χ0) is 35.0. The van der Waals surface area contributed by atoms with Gasteiger partial charge in [-0.15, -0.1) is 0 Å². The van der Waals surface area contributed by atoms with Crippen molar-refractivity contribution in [3.05, 3.63) is 120 Å². The molecule has 6 rings (SSSR count). The van der Waals surface area contributed by atoms with Gasteiger partial charge in [-0.1, -0.05) is 54.6 Å². The van der Waals surface area contributed by atoms with Crippen LogP contribution in [0, 0.1) is 5.82 Å². The number of β-lactam (4-membered cyclic amide) rings is 1. The van der Waals surface area contributed by atoms with Gasteiger partial charge < -0.3 is 35.2 Å². The van der Waals surface area contributed by atoms with Gasteiger partial charge in [0.15, 0.2) is 20.9 Å². The van der Waals surface area contributed by atoms with E-state index in [9.17, 15) is 47.9 Å². The van der Waals surface area contributed by atoms with Gasteiger partial charge in [0.1, 0.15) is 42.1 Å². The number of hydrogen-bond donors (Lipinski definition) is 5. The fraction of sp³-hybridized carbons (Fsp3) is 0.278. The predicted octanol–water partition coefficient (Wildman–Crippen LogP) is 2.86. The van der Waals surface area contributed by atoms with Crippen molar-refractivity contribution in [2.45, 2.75) is 48.2 Å². The third kappa shape index (κ3) is 6.61. The molecule has 2 saturated heterocycles. The third-order valence-corrected chi connectivity index (χ3v) is 11.1. The van der Waals surface area contributed by atoms with Gasteiger partial charge >= 0.3 is 0 Å². The molecule has 0 spiro atoms. The van der Waals surface area contributed by atoms with Crippen LogP contribution in [0.3, 0.4) is 0 Å². The first-order chi connectivity index (χ1) is 23.4. The molecule has 0 aliphatic carbocycles. The number of aliphatic hydroxyl groups is 4. The van der Waals surface area contributed by atoms with Gasteiger partial charge in [0.25, 0.3) is 0 Å². The van der Waals surface area contributed by atoms with Crippen LogP contribution in [-0.4, -0.2) is 87.7 Å². The second-order valence-corrected chi connectivity index (χ2v) is 14.3. The van der Waals surface area contributed by atoms with E-state index in [1.165, 1.54) is 29.2 Å². The maximum atomic E-state index is 13.6. The molecule has 4 aromatic rings. The van der Waals surface area contributed by atoms with E-state index < -0.39 is 87.9 Å². The van der Waals surface area contributed by atoms with Crippen LogP contribution in [0.25, 0.3) is 11.1 Å². The lowest BCUT2D eigenvalue weighted by Gasteiger charge is -2.46. The van der Waals surface area contributed by atoms with Crippen molar-refractivity contribution in [3.63, 3.8) is 0 Å². The molecule has 2 aliphatic heterocycles. The number of ether oxygens (including phenoxy) is 1. The number of Topliss-reactive ketones (excluding diaryl/α,β-unsaturated/α-hetero) is 1. The molecule has 13 heteroatoms. The summed E-state index contributed by atoms with van der Waals surface area (Å²) in [6.07, 6.45) is -6.97. The van der Waals surface area contributed by atoms with Crippen LogP contribution in [-0.2, 0) is 19.4 Å². The molecule has 2 heterocycles. The summed E-state index contributed by atoms with van der Waals surface area (Å²) in [5, 5.41) is 49.9. The molecule has 0 radical (unpaired) electrons. The standard InChI is InChI=1S/C36H34FNO10S/c37-24-13-10-21(11-14-24)27(40)16-17-49(46,47)35-30(38(36(35)45)25-4-2-1-3-5-25)26-15-12-23(18-28(26)41)20-6-8-22(9-7-20)34-33(44)32(43)31(42)29(19-39)48-34/h1-15,18,29-35,39,41-44H,16-17,19H2. The summed E-state index contributed by atoms with van der Waals surface area (Å²) >= 11 is 0. The summed E-state index contributed by atoms with van der Waals surface area (Å²) in [5.41, 5.74) is 2.40. The van der Waals surface area contributed by atoms with Crippen LogP contribution < -0.4 is 4.90 Å². The van der Waals surface area contributed by atoms with Gasteiger partial charge in [-0.25, -0.2) is 12.8 Å². The summed E-state index contributed by atoms with van der Waals surface area (Å²) in [5.74, 6) is -2.65. The number of anilines is 1. The highest BCUT2D eigenvalue weighted by atomic mass is 32.2. The predicted molar refractivity (Wildman–Crippen MR) is 176 cm³/mol. The van der Waals surface area contributed by atoms with Crippen molar-refractivity contribution < 1.29 is 52.7 Å². The van der Waals surface area contributed by atoms with E-state index in [0.717, 1.165) is 12.1 Å². The highest BCUT2D eigenvalue weighted by Crippen LogP contribution is 2.46. The zero-order valence-electron chi connectivity index (χ0n) is 25.9. The molecule has 0 aromatic heterocycles. The van der Waals surface area contributed by atoms with Crippen molar-refractivity contribution >= 4 is 27.2 Å². The lowest BCUT2D eigenvalue weighted by molar-refractivity contribution is -0.231. The molecule has 11 nitrogen and oxygen atoms in total. The molecule has 5 N–H and O–H groups in total. The molecule has 7 unspecified atom stereocenters. The van der Waals surface area contributed by atoms with Gasteiger partial charge in [-0.3, -0.25) is 9.59 Å². The minimum absolute atomic E-state index is 0.147. The minimum Gasteiger partial charge on any atom is -0.508 e. The van der Waals surface area contributed by atoms with Crippen molar-refractivity contribution in [1.82, 2.24) is 0 Å². The van der Waals surface area contributed by atoms with Crippen LogP contribution >= 0.6 is 0 Å². The molecule has 1 amide bonds. The topological polar surface area (TPSA) is 182 Å². The number of amides is 1. The number of carbonyl (C=O) groups is 2. The largest absolute Gasteiger partial charge is 0.508 e. The Labute approximate surface area is 281 Å². The van der Waals surface area contributed by atoms with E-state index in [1.807, 2.05) is 0 Å². The maximum absolute atomic E-state index is 13.6. The number of phenolic OH excluding ortho intramolecular Hbond substituents is 1. The Balaban J connectivity index is 1.26. The van der Waals surface area contributed by atoms with E-state index in [1.54, 1.807) is 60.7 Å². The fourth-order valence-corrected chi connectivity index (χ4v) is 8.15. The smallest absolute Gasteiger partial charge is 0.248 e. The molecular weight excluding hydrogens is 657 g/mol. The Kier molecular flexibility index (Phi) is 9.67. The van der Waals surface area contributed by atoms with E-state index in [-0.39, 0.29) is 16.9 Å². The van der Waals surface area contributed by atoms with Gasteiger partial charge in [0.05, 0.1) is 18.4 Å². The van der Waals surface area contributed by atoms with Crippen LogP contribution in [0.2, 0.25) is 0 Å². The lowest BCUT2D eigenvalue weighted by Crippen LogP contribution is -2.62. The van der Waals surface area contributed by atoms with E-state index in [4.69, 9.17) is 4.74 Å². The number of rotatable bonds is 10. The van der Waals surface area contributed by atoms with Crippen LogP contribution in [0.5, 0.6) is 5.75 Å². The summed E-state index contributed by atoms with van der Waals surface area (Å²) in [7, 11) is -4.21. The van der Waals surface area contributed by atoms with Crippen LogP contribution in [0.4, 0.5) is 10.1 Å². The van der Waals surface area contributed by atoms with E-state index in [0.29, 0.717) is 22.4 Å². The number of aromatic hydroxyl groups is 1. The molecule has 2 aliphatic rings. The van der Waals surface area contributed by atoms with Crippen molar-refractivity contribution in [1.29, 1.82) is 0 Å². The van der Waals surface area contributed by atoms with Crippen molar-refractivity contribution in [3.8, 4) is 16.9 Å². The number of aliphatic hydroxyl groups excluding tert-OH is 4. The third-order valence-electron chi connectivity index (χ3n) is 9.06. The van der Waals surface area contributed by atoms with E-state index >= 15 is 0 Å². The number of para-hydroxylation sites is 1. The first-order valence-electron chi connectivity index (χ1n) is 15.5. The Bertz CT molecular complexity index is 1940.